The highest BCUT2D eigenvalue weighted by Gasteiger charge is 2.30. The topological polar surface area (TPSA) is 91.4 Å². The maximum Gasteiger partial charge on any atom is 0.262 e. The minimum Gasteiger partial charge on any atom is -0.351 e. The lowest BCUT2D eigenvalue weighted by molar-refractivity contribution is 0.0952. The first-order valence-corrected chi connectivity index (χ1v) is 10.3. The number of hydrogen-bond donors (Lipinski definition) is 2. The van der Waals surface area contributed by atoms with Gasteiger partial charge < -0.3 is 10.2 Å². The predicted octanol–water partition coefficient (Wildman–Crippen LogP) is 2.31. The van der Waals surface area contributed by atoms with Gasteiger partial charge in [-0.3, -0.25) is 14.5 Å². The van der Waals surface area contributed by atoms with Crippen LogP contribution in [0.2, 0.25) is 0 Å². The lowest BCUT2D eigenvalue weighted by Crippen LogP contribution is -2.31. The van der Waals surface area contributed by atoms with Crippen LogP contribution in [0.4, 0.5) is 5.69 Å². The van der Waals surface area contributed by atoms with Crippen molar-refractivity contribution < 1.29 is 13.2 Å². The lowest BCUT2D eigenvalue weighted by atomic mass is 9.96. The number of aromatic nitrogens is 1. The van der Waals surface area contributed by atoms with E-state index < -0.39 is 10.0 Å². The Bertz CT molecular complexity index is 1190. The van der Waals surface area contributed by atoms with E-state index in [-0.39, 0.29) is 10.8 Å². The van der Waals surface area contributed by atoms with Crippen molar-refractivity contribution >= 4 is 32.5 Å². The number of sulfonamides is 1. The molecule has 0 radical (unpaired) electrons. The van der Waals surface area contributed by atoms with Gasteiger partial charge in [0.1, 0.15) is 0 Å². The van der Waals surface area contributed by atoms with Crippen LogP contribution in [0.25, 0.3) is 22.0 Å². The van der Waals surface area contributed by atoms with E-state index in [0.29, 0.717) is 39.8 Å². The zero-order valence-corrected chi connectivity index (χ0v) is 16.4. The molecule has 2 N–H and O–H groups in total. The highest BCUT2D eigenvalue weighted by molar-refractivity contribution is 7.93. The van der Waals surface area contributed by atoms with E-state index in [0.717, 1.165) is 6.54 Å². The van der Waals surface area contributed by atoms with E-state index in [9.17, 15) is 13.2 Å². The number of likely N-dealkylation sites (N-methyl/N-ethyl adjacent to an activating group) is 1. The number of anilines is 1. The monoisotopic (exact) mass is 396 g/mol. The molecule has 7 nitrogen and oxygen atoms in total. The van der Waals surface area contributed by atoms with Gasteiger partial charge in [-0.2, -0.15) is 0 Å². The van der Waals surface area contributed by atoms with Crippen molar-refractivity contribution in [2.75, 3.05) is 31.9 Å². The molecule has 4 rings (SSSR count). The van der Waals surface area contributed by atoms with E-state index in [4.69, 9.17) is 0 Å². The smallest absolute Gasteiger partial charge is 0.262 e. The van der Waals surface area contributed by atoms with Crippen molar-refractivity contribution in [1.82, 2.24) is 15.2 Å². The fourth-order valence-corrected chi connectivity index (χ4v) is 4.66. The molecule has 0 saturated carbocycles. The van der Waals surface area contributed by atoms with Crippen LogP contribution in [0.3, 0.4) is 0 Å². The third-order valence-electron chi connectivity index (χ3n) is 4.69. The van der Waals surface area contributed by atoms with Crippen molar-refractivity contribution in [3.8, 4) is 11.1 Å². The maximum absolute atomic E-state index is 12.9. The maximum atomic E-state index is 12.9. The molecule has 2 aromatic carbocycles. The molecule has 2 heterocycles. The Kier molecular flexibility index (Phi) is 4.52. The van der Waals surface area contributed by atoms with Crippen molar-refractivity contribution in [1.29, 1.82) is 0 Å². The van der Waals surface area contributed by atoms with Gasteiger partial charge in [0.2, 0.25) is 0 Å². The molecule has 0 fully saturated rings. The molecule has 3 aromatic rings. The Balaban J connectivity index is 1.91. The summed E-state index contributed by atoms with van der Waals surface area (Å²) in [6.45, 7) is 1.23. The minimum atomic E-state index is -3.70. The Labute approximate surface area is 163 Å². The molecular formula is C20H20N4O3S. The molecule has 0 aliphatic carbocycles. The minimum absolute atomic E-state index is 0.191. The van der Waals surface area contributed by atoms with Crippen molar-refractivity contribution in [3.05, 3.63) is 54.2 Å². The first kappa shape index (κ1) is 18.4. The summed E-state index contributed by atoms with van der Waals surface area (Å²) in [5, 5.41) is 3.52. The summed E-state index contributed by atoms with van der Waals surface area (Å²) in [6.07, 6.45) is 1.59. The third kappa shape index (κ3) is 3.10. The highest BCUT2D eigenvalue weighted by Crippen LogP contribution is 2.43. The zero-order valence-electron chi connectivity index (χ0n) is 15.6. The Morgan fingerprint density at radius 1 is 1.14 bits per heavy atom. The summed E-state index contributed by atoms with van der Waals surface area (Å²) < 4.78 is 28.0. The largest absolute Gasteiger partial charge is 0.351 e. The molecule has 1 aliphatic heterocycles. The number of nitrogens with one attached hydrogen (secondary N) is 2. The number of pyridine rings is 1. The van der Waals surface area contributed by atoms with Crippen LogP contribution in [0.5, 0.6) is 0 Å². The summed E-state index contributed by atoms with van der Waals surface area (Å²) in [6, 6.07) is 12.0. The Morgan fingerprint density at radius 3 is 2.71 bits per heavy atom. The van der Waals surface area contributed by atoms with Gasteiger partial charge >= 0.3 is 0 Å². The second-order valence-electron chi connectivity index (χ2n) is 6.91. The zero-order chi connectivity index (χ0) is 19.9. The molecule has 1 amide bonds. The Morgan fingerprint density at radius 2 is 1.93 bits per heavy atom. The van der Waals surface area contributed by atoms with Gasteiger partial charge in [0.05, 0.1) is 16.1 Å². The molecule has 8 heteroatoms. The summed E-state index contributed by atoms with van der Waals surface area (Å²) in [5.74, 6) is -0.214. The van der Waals surface area contributed by atoms with Crippen LogP contribution >= 0.6 is 0 Å². The number of nitrogens with zero attached hydrogens (tertiary/aromatic N) is 2. The van der Waals surface area contributed by atoms with Gasteiger partial charge in [-0.1, -0.05) is 24.3 Å². The van der Waals surface area contributed by atoms with Gasteiger partial charge in [0, 0.05) is 41.4 Å². The fraction of sp³-hybridized carbons (Fsp3) is 0.200. The molecule has 0 spiro atoms. The van der Waals surface area contributed by atoms with Crippen LogP contribution in [0.15, 0.2) is 53.6 Å². The molecule has 0 saturated heterocycles. The normalized spacial score (nSPS) is 14.2. The standard InChI is InChI=1S/C20H20N4O3S/c1-24(2)11-10-22-20(25)16-12-15-13-6-3-4-8-17(13)28(26,27)23-19(15)18-14(16)7-5-9-21-18/h3-9,12,23H,10-11H2,1-2H3,(H,22,25). The van der Waals surface area contributed by atoms with Gasteiger partial charge in [0.25, 0.3) is 15.9 Å². The Hall–Kier alpha value is -2.97. The molecule has 0 bridgehead atoms. The quantitative estimate of drug-likeness (QED) is 0.706. The number of rotatable bonds is 4. The molecule has 0 unspecified atom stereocenters. The van der Waals surface area contributed by atoms with Crippen molar-refractivity contribution in [2.24, 2.45) is 0 Å². The van der Waals surface area contributed by atoms with E-state index >= 15 is 0 Å². The van der Waals surface area contributed by atoms with E-state index in [1.165, 1.54) is 0 Å². The number of benzene rings is 2. The van der Waals surface area contributed by atoms with Crippen LogP contribution in [0.1, 0.15) is 10.4 Å². The van der Waals surface area contributed by atoms with Crippen LogP contribution in [-0.4, -0.2) is 51.4 Å². The summed E-state index contributed by atoms with van der Waals surface area (Å²) in [5.41, 5.74) is 2.53. The van der Waals surface area contributed by atoms with E-state index in [1.807, 2.05) is 19.0 Å². The lowest BCUT2D eigenvalue weighted by Gasteiger charge is -2.23. The van der Waals surface area contributed by atoms with Gasteiger partial charge in [-0.15, -0.1) is 0 Å². The number of carbonyl (C=O) groups is 1. The second-order valence-corrected chi connectivity index (χ2v) is 8.56. The first-order valence-electron chi connectivity index (χ1n) is 8.85. The average molecular weight is 396 g/mol. The predicted molar refractivity (Wildman–Crippen MR) is 109 cm³/mol. The summed E-state index contributed by atoms with van der Waals surface area (Å²) in [4.78, 5) is 19.4. The van der Waals surface area contributed by atoms with Crippen molar-refractivity contribution in [2.45, 2.75) is 4.90 Å². The fourth-order valence-electron chi connectivity index (χ4n) is 3.35. The van der Waals surface area contributed by atoms with Gasteiger partial charge in [0.15, 0.2) is 0 Å². The highest BCUT2D eigenvalue weighted by atomic mass is 32.2. The number of amides is 1. The third-order valence-corrected chi connectivity index (χ3v) is 6.09. The van der Waals surface area contributed by atoms with E-state index in [2.05, 4.69) is 15.0 Å². The van der Waals surface area contributed by atoms with Crippen LogP contribution in [-0.2, 0) is 10.0 Å². The SMILES string of the molecule is CN(C)CCNC(=O)c1cc2c(c3ncccc13)NS(=O)(=O)c1ccccc1-2. The number of fused-ring (bicyclic) bond motifs is 5. The summed E-state index contributed by atoms with van der Waals surface area (Å²) in [7, 11) is 0.176. The summed E-state index contributed by atoms with van der Waals surface area (Å²) >= 11 is 0. The molecule has 1 aliphatic rings. The molecule has 144 valence electrons. The van der Waals surface area contributed by atoms with Gasteiger partial charge in [-0.25, -0.2) is 8.42 Å². The molecular weight excluding hydrogens is 376 g/mol. The molecule has 1 aromatic heterocycles. The van der Waals surface area contributed by atoms with E-state index in [1.54, 1.807) is 48.7 Å². The number of hydrogen-bond acceptors (Lipinski definition) is 5. The second kappa shape index (κ2) is 6.88. The molecule has 0 atom stereocenters. The van der Waals surface area contributed by atoms with Crippen molar-refractivity contribution in [3.63, 3.8) is 0 Å². The first-order chi connectivity index (χ1) is 13.4. The molecule has 28 heavy (non-hydrogen) atoms. The van der Waals surface area contributed by atoms with Crippen LogP contribution in [0, 0.1) is 0 Å². The van der Waals surface area contributed by atoms with Gasteiger partial charge in [-0.05, 0) is 32.3 Å². The average Bonchev–Trinajstić information content (AvgIpc) is 2.67. The number of carbonyl (C=O) groups excluding carboxylic acids is 1. The van der Waals surface area contributed by atoms with Crippen LogP contribution < -0.4 is 10.0 Å².